The van der Waals surface area contributed by atoms with Gasteiger partial charge in [0.15, 0.2) is 0 Å². The van der Waals surface area contributed by atoms with Gasteiger partial charge in [0, 0.05) is 24.4 Å². The first kappa shape index (κ1) is 18.7. The van der Waals surface area contributed by atoms with Crippen LogP contribution in [0, 0.1) is 10.1 Å². The summed E-state index contributed by atoms with van der Waals surface area (Å²) in [5.41, 5.74) is 0.807. The Morgan fingerprint density at radius 1 is 1.19 bits per heavy atom. The summed E-state index contributed by atoms with van der Waals surface area (Å²) in [7, 11) is 1.54. The van der Waals surface area contributed by atoms with Crippen LogP contribution in [0.3, 0.4) is 0 Å². The number of rotatable bonds is 8. The van der Waals surface area contributed by atoms with Gasteiger partial charge in [-0.1, -0.05) is 0 Å². The van der Waals surface area contributed by atoms with Crippen LogP contribution in [0.1, 0.15) is 16.8 Å². The number of benzene rings is 2. The number of aliphatic carboxylic acids is 1. The molecule has 2 aromatic carbocycles. The number of carboxylic acid groups (broad SMARTS) is 1. The highest BCUT2D eigenvalue weighted by Crippen LogP contribution is 2.26. The predicted molar refractivity (Wildman–Crippen MR) is 94.0 cm³/mol. The van der Waals surface area contributed by atoms with Crippen molar-refractivity contribution in [2.75, 3.05) is 19.0 Å². The third-order valence-electron chi connectivity index (χ3n) is 3.45. The van der Waals surface area contributed by atoms with Gasteiger partial charge in [-0.2, -0.15) is 0 Å². The van der Waals surface area contributed by atoms with Crippen molar-refractivity contribution in [1.82, 2.24) is 5.32 Å². The Morgan fingerprint density at radius 3 is 2.46 bits per heavy atom. The van der Waals surface area contributed by atoms with Gasteiger partial charge < -0.3 is 20.5 Å². The number of ether oxygens (including phenoxy) is 1. The summed E-state index contributed by atoms with van der Waals surface area (Å²) in [6.45, 7) is -0.0845. The van der Waals surface area contributed by atoms with Crippen molar-refractivity contribution < 1.29 is 24.4 Å². The lowest BCUT2D eigenvalue weighted by molar-refractivity contribution is -0.384. The summed E-state index contributed by atoms with van der Waals surface area (Å²) in [6.07, 6.45) is -0.248. The number of hydrogen-bond donors (Lipinski definition) is 3. The van der Waals surface area contributed by atoms with E-state index in [0.29, 0.717) is 17.1 Å². The normalized spacial score (nSPS) is 10.0. The molecule has 0 aliphatic carbocycles. The standard InChI is InChI=1S/C17H17N3O6/c1-26-13-5-2-11(3-6-13)19-15-7-4-12(20(24)25)10-14(15)17(23)18-9-8-16(21)22/h2-7,10,19H,8-9H2,1H3,(H,18,23)(H,21,22). The highest BCUT2D eigenvalue weighted by Gasteiger charge is 2.17. The molecule has 0 bridgehead atoms. The number of carboxylic acids is 1. The number of hydrogen-bond acceptors (Lipinski definition) is 6. The number of non-ortho nitro benzene ring substituents is 1. The number of carbonyl (C=O) groups excluding carboxylic acids is 1. The molecule has 0 heterocycles. The molecule has 0 aromatic heterocycles. The summed E-state index contributed by atoms with van der Waals surface area (Å²) in [5.74, 6) is -1.00. The fraction of sp³-hybridized carbons (Fsp3) is 0.176. The maximum Gasteiger partial charge on any atom is 0.305 e. The molecule has 0 atom stereocenters. The van der Waals surface area contributed by atoms with Crippen LogP contribution in [0.4, 0.5) is 17.1 Å². The van der Waals surface area contributed by atoms with Crippen LogP contribution in [-0.4, -0.2) is 35.6 Å². The molecule has 2 aromatic rings. The van der Waals surface area contributed by atoms with E-state index in [9.17, 15) is 19.7 Å². The molecule has 0 aliphatic heterocycles. The Bertz CT molecular complexity index is 820. The first-order valence-corrected chi connectivity index (χ1v) is 7.60. The zero-order valence-corrected chi connectivity index (χ0v) is 13.9. The molecule has 0 fully saturated rings. The zero-order chi connectivity index (χ0) is 19.1. The molecule has 2 rings (SSSR count). The third-order valence-corrected chi connectivity index (χ3v) is 3.45. The maximum atomic E-state index is 12.3. The average Bonchev–Trinajstić information content (AvgIpc) is 2.62. The third kappa shape index (κ3) is 4.94. The Balaban J connectivity index is 2.26. The molecule has 1 amide bonds. The van der Waals surface area contributed by atoms with Gasteiger partial charge in [0.05, 0.1) is 29.7 Å². The number of methoxy groups -OCH3 is 1. The Kier molecular flexibility index (Phi) is 6.10. The molecule has 26 heavy (non-hydrogen) atoms. The van der Waals surface area contributed by atoms with Gasteiger partial charge >= 0.3 is 5.97 Å². The predicted octanol–water partition coefficient (Wildman–Crippen LogP) is 2.55. The Morgan fingerprint density at radius 2 is 1.88 bits per heavy atom. The molecule has 0 radical (unpaired) electrons. The van der Waals surface area contributed by atoms with Crippen molar-refractivity contribution in [2.24, 2.45) is 0 Å². The van der Waals surface area contributed by atoms with Gasteiger partial charge in [-0.15, -0.1) is 0 Å². The van der Waals surface area contributed by atoms with E-state index in [4.69, 9.17) is 9.84 Å². The number of nitrogens with one attached hydrogen (secondary N) is 2. The summed E-state index contributed by atoms with van der Waals surface area (Å²) in [5, 5.41) is 25.1. The first-order valence-electron chi connectivity index (χ1n) is 7.60. The number of carbonyl (C=O) groups is 2. The van der Waals surface area contributed by atoms with Gasteiger partial charge in [0.2, 0.25) is 0 Å². The molecule has 0 saturated carbocycles. The summed E-state index contributed by atoms with van der Waals surface area (Å²) < 4.78 is 5.07. The molecule has 136 valence electrons. The minimum atomic E-state index is -1.05. The van der Waals surface area contributed by atoms with Crippen LogP contribution in [0.5, 0.6) is 5.75 Å². The lowest BCUT2D eigenvalue weighted by Crippen LogP contribution is -2.26. The van der Waals surface area contributed by atoms with E-state index in [0.717, 1.165) is 6.07 Å². The fourth-order valence-corrected chi connectivity index (χ4v) is 2.15. The summed E-state index contributed by atoms with van der Waals surface area (Å²) in [6, 6.07) is 10.7. The molecular weight excluding hydrogens is 342 g/mol. The number of nitro groups is 1. The van der Waals surface area contributed by atoms with Gasteiger partial charge in [-0.25, -0.2) is 0 Å². The van der Waals surface area contributed by atoms with Crippen molar-refractivity contribution in [1.29, 1.82) is 0 Å². The minimum absolute atomic E-state index is 0.0420. The van der Waals surface area contributed by atoms with E-state index >= 15 is 0 Å². The van der Waals surface area contributed by atoms with Gasteiger partial charge in [-0.05, 0) is 30.3 Å². The van der Waals surface area contributed by atoms with Crippen molar-refractivity contribution >= 4 is 28.9 Å². The number of anilines is 2. The summed E-state index contributed by atoms with van der Waals surface area (Å²) in [4.78, 5) is 33.3. The highest BCUT2D eigenvalue weighted by molar-refractivity contribution is 6.01. The SMILES string of the molecule is COc1ccc(Nc2ccc([N+](=O)[O-])cc2C(=O)NCCC(=O)O)cc1. The second kappa shape index (κ2) is 8.47. The van der Waals surface area contributed by atoms with Gasteiger partial charge in [0.25, 0.3) is 11.6 Å². The van der Waals surface area contributed by atoms with Crippen LogP contribution in [0.25, 0.3) is 0 Å². The molecule has 0 spiro atoms. The van der Waals surface area contributed by atoms with Crippen LogP contribution in [0.2, 0.25) is 0 Å². The highest BCUT2D eigenvalue weighted by atomic mass is 16.6. The molecule has 9 nitrogen and oxygen atoms in total. The molecular formula is C17H17N3O6. The molecule has 9 heteroatoms. The fourth-order valence-electron chi connectivity index (χ4n) is 2.15. The maximum absolute atomic E-state index is 12.3. The number of nitrogens with zero attached hydrogens (tertiary/aromatic N) is 1. The number of amides is 1. The molecule has 0 unspecified atom stereocenters. The smallest absolute Gasteiger partial charge is 0.305 e. The lowest BCUT2D eigenvalue weighted by atomic mass is 10.1. The second-order valence-electron chi connectivity index (χ2n) is 5.24. The molecule has 0 aliphatic rings. The first-order chi connectivity index (χ1) is 12.4. The molecule has 3 N–H and O–H groups in total. The van der Waals surface area contributed by atoms with E-state index < -0.39 is 16.8 Å². The average molecular weight is 359 g/mol. The summed E-state index contributed by atoms with van der Waals surface area (Å²) >= 11 is 0. The van der Waals surface area contributed by atoms with Gasteiger partial charge in [0.1, 0.15) is 5.75 Å². The van der Waals surface area contributed by atoms with E-state index in [2.05, 4.69) is 10.6 Å². The Hall–Kier alpha value is -3.62. The van der Waals surface area contributed by atoms with Crippen LogP contribution in [-0.2, 0) is 4.79 Å². The second-order valence-corrected chi connectivity index (χ2v) is 5.24. The van der Waals surface area contributed by atoms with Crippen LogP contribution >= 0.6 is 0 Å². The van der Waals surface area contributed by atoms with Crippen LogP contribution in [0.15, 0.2) is 42.5 Å². The monoisotopic (exact) mass is 359 g/mol. The zero-order valence-electron chi connectivity index (χ0n) is 13.9. The lowest BCUT2D eigenvalue weighted by Gasteiger charge is -2.12. The van der Waals surface area contributed by atoms with Crippen LogP contribution < -0.4 is 15.4 Å². The largest absolute Gasteiger partial charge is 0.497 e. The Labute approximate surface area is 148 Å². The van der Waals surface area contributed by atoms with Crippen molar-refractivity contribution in [3.8, 4) is 5.75 Å². The van der Waals surface area contributed by atoms with Crippen molar-refractivity contribution in [3.63, 3.8) is 0 Å². The van der Waals surface area contributed by atoms with E-state index in [-0.39, 0.29) is 24.2 Å². The van der Waals surface area contributed by atoms with Crippen molar-refractivity contribution in [3.05, 3.63) is 58.1 Å². The van der Waals surface area contributed by atoms with E-state index in [1.807, 2.05) is 0 Å². The molecule has 0 saturated heterocycles. The van der Waals surface area contributed by atoms with E-state index in [1.54, 1.807) is 31.4 Å². The van der Waals surface area contributed by atoms with Crippen molar-refractivity contribution in [2.45, 2.75) is 6.42 Å². The van der Waals surface area contributed by atoms with Gasteiger partial charge in [-0.3, -0.25) is 19.7 Å². The number of nitro benzene ring substituents is 1. The van der Waals surface area contributed by atoms with E-state index in [1.165, 1.54) is 12.1 Å². The minimum Gasteiger partial charge on any atom is -0.497 e. The topological polar surface area (TPSA) is 131 Å². The quantitative estimate of drug-likeness (QED) is 0.487.